The third kappa shape index (κ3) is 2.35. The lowest BCUT2D eigenvalue weighted by atomic mass is 9.91. The third-order valence-corrected chi connectivity index (χ3v) is 2.75. The fourth-order valence-electron chi connectivity index (χ4n) is 1.79. The van der Waals surface area contributed by atoms with Crippen molar-refractivity contribution in [2.24, 2.45) is 5.92 Å². The Kier molecular flexibility index (Phi) is 2.88. The number of nitrogens with one attached hydrogen (secondary N) is 1. The van der Waals surface area contributed by atoms with E-state index in [4.69, 9.17) is 0 Å². The van der Waals surface area contributed by atoms with E-state index in [1.165, 1.54) is 6.07 Å². The third-order valence-electron chi connectivity index (χ3n) is 2.75. The molecular formula is C11H11F4N. The molecule has 0 radical (unpaired) electrons. The number of hydrogen-bond donors (Lipinski definition) is 1. The van der Waals surface area contributed by atoms with Gasteiger partial charge >= 0.3 is 6.18 Å². The molecule has 0 unspecified atom stereocenters. The summed E-state index contributed by atoms with van der Waals surface area (Å²) in [4.78, 5) is 0. The summed E-state index contributed by atoms with van der Waals surface area (Å²) in [5.41, 5.74) is -0.667. The van der Waals surface area contributed by atoms with E-state index in [1.54, 1.807) is 0 Å². The van der Waals surface area contributed by atoms with Crippen molar-refractivity contribution in [2.75, 3.05) is 13.1 Å². The predicted octanol–water partition coefficient (Wildman–Crippen LogP) is 2.61. The molecule has 1 nitrogen and oxygen atoms in total. The first-order valence-corrected chi connectivity index (χ1v) is 5.03. The van der Waals surface area contributed by atoms with Gasteiger partial charge in [0.15, 0.2) is 0 Å². The van der Waals surface area contributed by atoms with Gasteiger partial charge in [-0.2, -0.15) is 13.2 Å². The van der Waals surface area contributed by atoms with Crippen LogP contribution in [0.5, 0.6) is 0 Å². The molecule has 0 spiro atoms. The number of rotatable bonds is 2. The molecule has 0 amide bonds. The summed E-state index contributed by atoms with van der Waals surface area (Å²) in [6.07, 6.45) is -4.13. The van der Waals surface area contributed by atoms with Gasteiger partial charge < -0.3 is 5.32 Å². The number of benzene rings is 1. The van der Waals surface area contributed by atoms with Crippen molar-refractivity contribution in [3.63, 3.8) is 0 Å². The van der Waals surface area contributed by atoms with Crippen molar-refractivity contribution in [2.45, 2.75) is 12.6 Å². The zero-order valence-electron chi connectivity index (χ0n) is 8.44. The summed E-state index contributed by atoms with van der Waals surface area (Å²) in [6, 6.07) is 2.88. The molecule has 1 saturated heterocycles. The Morgan fingerprint density at radius 1 is 1.25 bits per heavy atom. The maximum absolute atomic E-state index is 12.8. The average Bonchev–Trinajstić information content (AvgIpc) is 2.11. The summed E-state index contributed by atoms with van der Waals surface area (Å²) in [6.45, 7) is 1.46. The second-order valence-electron chi connectivity index (χ2n) is 4.03. The van der Waals surface area contributed by atoms with Crippen LogP contribution in [-0.2, 0) is 12.6 Å². The second-order valence-corrected chi connectivity index (χ2v) is 4.03. The van der Waals surface area contributed by atoms with Crippen LogP contribution < -0.4 is 5.32 Å². The van der Waals surface area contributed by atoms with Crippen LogP contribution in [0.3, 0.4) is 0 Å². The van der Waals surface area contributed by atoms with Crippen molar-refractivity contribution in [3.8, 4) is 0 Å². The fourth-order valence-corrected chi connectivity index (χ4v) is 1.79. The maximum Gasteiger partial charge on any atom is 0.416 e. The zero-order valence-corrected chi connectivity index (χ0v) is 8.44. The van der Waals surface area contributed by atoms with E-state index < -0.39 is 17.6 Å². The molecule has 1 fully saturated rings. The van der Waals surface area contributed by atoms with Gasteiger partial charge in [-0.3, -0.25) is 0 Å². The molecule has 1 aliphatic rings. The average molecular weight is 233 g/mol. The fraction of sp³-hybridized carbons (Fsp3) is 0.455. The molecule has 0 atom stereocenters. The Hall–Kier alpha value is -1.10. The lowest BCUT2D eigenvalue weighted by molar-refractivity contribution is -0.138. The van der Waals surface area contributed by atoms with Crippen molar-refractivity contribution < 1.29 is 17.6 Å². The van der Waals surface area contributed by atoms with Gasteiger partial charge in [-0.25, -0.2) is 4.39 Å². The predicted molar refractivity (Wildman–Crippen MR) is 51.5 cm³/mol. The number of hydrogen-bond acceptors (Lipinski definition) is 1. The molecule has 88 valence electrons. The minimum Gasteiger partial charge on any atom is -0.316 e. The summed E-state index contributed by atoms with van der Waals surface area (Å²) < 4.78 is 50.7. The smallest absolute Gasteiger partial charge is 0.316 e. The highest BCUT2D eigenvalue weighted by Gasteiger charge is 2.34. The molecular weight excluding hydrogens is 222 g/mol. The van der Waals surface area contributed by atoms with E-state index >= 15 is 0 Å². The van der Waals surface area contributed by atoms with E-state index in [0.29, 0.717) is 12.5 Å². The van der Waals surface area contributed by atoms with Crippen LogP contribution in [0.4, 0.5) is 17.6 Å². The topological polar surface area (TPSA) is 12.0 Å². The Labute approximate surface area is 90.5 Å². The highest BCUT2D eigenvalue weighted by molar-refractivity contribution is 5.31. The van der Waals surface area contributed by atoms with Crippen LogP contribution in [0, 0.1) is 11.7 Å². The van der Waals surface area contributed by atoms with Gasteiger partial charge in [0.05, 0.1) is 5.56 Å². The SMILES string of the molecule is Fc1ccc(CC2CNC2)c(C(F)(F)F)c1. The first kappa shape index (κ1) is 11.4. The summed E-state index contributed by atoms with van der Waals surface area (Å²) >= 11 is 0. The highest BCUT2D eigenvalue weighted by Crippen LogP contribution is 2.33. The van der Waals surface area contributed by atoms with Crippen LogP contribution in [0.25, 0.3) is 0 Å². The van der Waals surface area contributed by atoms with E-state index in [2.05, 4.69) is 5.32 Å². The molecule has 1 aliphatic heterocycles. The first-order valence-electron chi connectivity index (χ1n) is 5.03. The Bertz CT molecular complexity index is 382. The van der Waals surface area contributed by atoms with Gasteiger partial charge in [0.1, 0.15) is 5.82 Å². The minimum absolute atomic E-state index is 0.181. The van der Waals surface area contributed by atoms with Crippen molar-refractivity contribution >= 4 is 0 Å². The largest absolute Gasteiger partial charge is 0.416 e. The molecule has 5 heteroatoms. The van der Waals surface area contributed by atoms with Crippen molar-refractivity contribution in [1.29, 1.82) is 0 Å². The van der Waals surface area contributed by atoms with Crippen LogP contribution in [0.2, 0.25) is 0 Å². The summed E-state index contributed by atoms with van der Waals surface area (Å²) in [5, 5.41) is 3.00. The Morgan fingerprint density at radius 3 is 2.44 bits per heavy atom. The molecule has 1 heterocycles. The molecule has 2 rings (SSSR count). The van der Waals surface area contributed by atoms with Crippen molar-refractivity contribution in [1.82, 2.24) is 5.32 Å². The van der Waals surface area contributed by atoms with E-state index in [0.717, 1.165) is 19.2 Å². The van der Waals surface area contributed by atoms with Crippen LogP contribution >= 0.6 is 0 Å². The monoisotopic (exact) mass is 233 g/mol. The van der Waals surface area contributed by atoms with E-state index in [-0.39, 0.29) is 11.5 Å². The lowest BCUT2D eigenvalue weighted by Crippen LogP contribution is -2.43. The van der Waals surface area contributed by atoms with Gasteiger partial charge in [0, 0.05) is 0 Å². The standard InChI is InChI=1S/C11H11F4N/c12-9-2-1-8(3-7-5-16-6-7)10(4-9)11(13,14)15/h1-2,4,7,16H,3,5-6H2. The van der Waals surface area contributed by atoms with Gasteiger partial charge in [-0.1, -0.05) is 6.07 Å². The second kappa shape index (κ2) is 4.05. The molecule has 1 aromatic carbocycles. The summed E-state index contributed by atoms with van der Waals surface area (Å²) in [5.74, 6) is -0.616. The molecule has 0 saturated carbocycles. The molecule has 16 heavy (non-hydrogen) atoms. The molecule has 0 aromatic heterocycles. The molecule has 1 N–H and O–H groups in total. The Morgan fingerprint density at radius 2 is 1.94 bits per heavy atom. The molecule has 1 aromatic rings. The quantitative estimate of drug-likeness (QED) is 0.774. The number of alkyl halides is 3. The maximum atomic E-state index is 12.8. The van der Waals surface area contributed by atoms with Crippen LogP contribution in [0.1, 0.15) is 11.1 Å². The lowest BCUT2D eigenvalue weighted by Gasteiger charge is -2.28. The number of halogens is 4. The van der Waals surface area contributed by atoms with Gasteiger partial charge in [-0.15, -0.1) is 0 Å². The van der Waals surface area contributed by atoms with Crippen LogP contribution in [-0.4, -0.2) is 13.1 Å². The van der Waals surface area contributed by atoms with E-state index in [9.17, 15) is 17.6 Å². The molecule has 0 aliphatic carbocycles. The van der Waals surface area contributed by atoms with Gasteiger partial charge in [-0.05, 0) is 43.1 Å². The first-order chi connectivity index (χ1) is 7.47. The zero-order chi connectivity index (χ0) is 11.8. The molecule has 0 bridgehead atoms. The van der Waals surface area contributed by atoms with Gasteiger partial charge in [0.25, 0.3) is 0 Å². The normalized spacial score (nSPS) is 17.2. The van der Waals surface area contributed by atoms with Crippen LogP contribution in [0.15, 0.2) is 18.2 Å². The summed E-state index contributed by atoms with van der Waals surface area (Å²) in [7, 11) is 0. The highest BCUT2D eigenvalue weighted by atomic mass is 19.4. The van der Waals surface area contributed by atoms with E-state index in [1.807, 2.05) is 0 Å². The minimum atomic E-state index is -4.48. The Balaban J connectivity index is 2.28. The van der Waals surface area contributed by atoms with Gasteiger partial charge in [0.2, 0.25) is 0 Å². The van der Waals surface area contributed by atoms with Crippen molar-refractivity contribution in [3.05, 3.63) is 35.1 Å².